The van der Waals surface area contributed by atoms with Gasteiger partial charge in [0.05, 0.1) is 18.6 Å². The second-order valence-corrected chi connectivity index (χ2v) is 18.8. The van der Waals surface area contributed by atoms with Crippen molar-refractivity contribution in [2.45, 2.75) is 286 Å². The van der Waals surface area contributed by atoms with Crippen LogP contribution in [0.25, 0.3) is 0 Å². The van der Waals surface area contributed by atoms with Crippen molar-refractivity contribution in [3.63, 3.8) is 0 Å². The lowest BCUT2D eigenvalue weighted by atomic mass is 9.94. The molecule has 0 bridgehead atoms. The van der Waals surface area contributed by atoms with E-state index in [1.807, 2.05) is 6.92 Å². The number of aliphatic hydroxyl groups excluding tert-OH is 2. The average molecular weight is 900 g/mol. The molecule has 0 spiro atoms. The second kappa shape index (κ2) is 55.1. The highest BCUT2D eigenvalue weighted by atomic mass is 16.5. The molecule has 0 aromatic heterocycles. The molecule has 3 N–H and O–H groups in total. The Morgan fingerprint density at radius 3 is 1.49 bits per heavy atom. The topological polar surface area (TPSA) is 108 Å². The van der Waals surface area contributed by atoms with Gasteiger partial charge in [-0.15, -0.1) is 0 Å². The monoisotopic (exact) mass is 899 g/mol. The number of aliphatic hydroxyl groups is 2. The summed E-state index contributed by atoms with van der Waals surface area (Å²) in [5.41, 5.74) is 0. The lowest BCUT2D eigenvalue weighted by Crippen LogP contribution is -2.43. The Morgan fingerprint density at radius 1 is 0.556 bits per heavy atom. The molecule has 0 radical (unpaired) electrons. The molecule has 8 heteroatoms. The van der Waals surface area contributed by atoms with Gasteiger partial charge < -0.3 is 25.0 Å². The van der Waals surface area contributed by atoms with E-state index in [0.717, 1.165) is 64.3 Å². The smallest absolute Gasteiger partial charge is 0.308 e. The van der Waals surface area contributed by atoms with Crippen LogP contribution in [0.4, 0.5) is 0 Å². The molecular weight excluding hydrogens is 785 g/mol. The molecule has 0 aliphatic carbocycles. The molecular formula is C55H114N2O6. The lowest BCUT2D eigenvalue weighted by Gasteiger charge is -2.31. The fraction of sp³-hybridized carbons (Fsp3) is 0.964. The van der Waals surface area contributed by atoms with Gasteiger partial charge in [-0.25, -0.2) is 0 Å². The number of ether oxygens (including phenoxy) is 2. The zero-order valence-electron chi connectivity index (χ0n) is 44.1. The van der Waals surface area contributed by atoms with Gasteiger partial charge in [0.25, 0.3) is 0 Å². The molecule has 4 unspecified atom stereocenters. The van der Waals surface area contributed by atoms with Gasteiger partial charge in [0.15, 0.2) is 0 Å². The predicted octanol–water partition coefficient (Wildman–Crippen LogP) is 14.9. The summed E-state index contributed by atoms with van der Waals surface area (Å²) in [6.07, 6.45) is 37.8. The number of carbonyl (C=O) groups is 2. The summed E-state index contributed by atoms with van der Waals surface area (Å²) in [7, 11) is 0. The standard InChI is InChI=1S/C49H98N2O5.C3H8O.C3H8/c1-7-12-17-21-23-27-34-45(33-26-19-14-9-3)43-56-48(53)37-30-25-31-39-51(44(6)32-16-11-5)42-47(52)41-50-38-40-55-49(54)46(35-28-20-15-10-4)36-29-24-22-18-13-8-2;1-2-3-4;1-3-2/h44-47,50,52H,7-43H2,1-6H3;4H,2-3H2,1H3;3H2,1-2H3. The number of carbonyl (C=O) groups excluding carboxylic acids is 2. The number of nitrogens with one attached hydrogen (secondary N) is 1. The SMILES string of the molecule is CCC.CCCCCCCCC(CCCCCC)COC(=O)CCCCCN(CC(O)CNCCOC(=O)C(CCCCCC)CCCCCCCC)C(C)CCCC.CCCO. The minimum atomic E-state index is -0.491. The number of esters is 2. The molecule has 0 rings (SSSR count). The molecule has 0 fully saturated rings. The Bertz CT molecular complexity index is 889. The first-order valence-corrected chi connectivity index (χ1v) is 27.7. The van der Waals surface area contributed by atoms with Crippen LogP contribution in [-0.4, -0.2) is 85.2 Å². The van der Waals surface area contributed by atoms with E-state index < -0.39 is 6.10 Å². The maximum atomic E-state index is 13.0. The Hall–Kier alpha value is -1.22. The highest BCUT2D eigenvalue weighted by Gasteiger charge is 2.20. The first-order valence-electron chi connectivity index (χ1n) is 27.7. The van der Waals surface area contributed by atoms with Crippen LogP contribution in [0.2, 0.25) is 0 Å². The summed E-state index contributed by atoms with van der Waals surface area (Å²) >= 11 is 0. The third kappa shape index (κ3) is 50.0. The molecule has 0 aliphatic heterocycles. The van der Waals surface area contributed by atoms with Gasteiger partial charge >= 0.3 is 11.9 Å². The van der Waals surface area contributed by atoms with E-state index >= 15 is 0 Å². The largest absolute Gasteiger partial charge is 0.465 e. The maximum absolute atomic E-state index is 13.0. The predicted molar refractivity (Wildman–Crippen MR) is 274 cm³/mol. The molecule has 0 saturated heterocycles. The maximum Gasteiger partial charge on any atom is 0.308 e. The van der Waals surface area contributed by atoms with Crippen LogP contribution in [0, 0.1) is 11.8 Å². The van der Waals surface area contributed by atoms with Gasteiger partial charge in [0.2, 0.25) is 0 Å². The van der Waals surface area contributed by atoms with Crippen LogP contribution in [0.1, 0.15) is 274 Å². The van der Waals surface area contributed by atoms with Crippen molar-refractivity contribution < 1.29 is 29.3 Å². The fourth-order valence-electron chi connectivity index (χ4n) is 7.92. The first-order chi connectivity index (χ1) is 30.6. The van der Waals surface area contributed by atoms with Gasteiger partial charge in [0.1, 0.15) is 6.61 Å². The van der Waals surface area contributed by atoms with Gasteiger partial charge in [-0.05, 0) is 70.8 Å². The summed E-state index contributed by atoms with van der Waals surface area (Å²) in [5, 5.41) is 22.2. The highest BCUT2D eigenvalue weighted by Crippen LogP contribution is 2.22. The molecule has 0 aromatic carbocycles. The molecule has 63 heavy (non-hydrogen) atoms. The molecule has 8 nitrogen and oxygen atoms in total. The third-order valence-corrected chi connectivity index (χ3v) is 12.1. The van der Waals surface area contributed by atoms with E-state index in [1.54, 1.807) is 0 Å². The highest BCUT2D eigenvalue weighted by molar-refractivity contribution is 5.72. The van der Waals surface area contributed by atoms with Crippen LogP contribution in [-0.2, 0) is 19.1 Å². The van der Waals surface area contributed by atoms with Gasteiger partial charge in [-0.2, -0.15) is 0 Å². The summed E-state index contributed by atoms with van der Waals surface area (Å²) in [6, 6.07) is 0.400. The molecule has 0 heterocycles. The van der Waals surface area contributed by atoms with Crippen molar-refractivity contribution >= 4 is 11.9 Å². The molecule has 0 aromatic rings. The van der Waals surface area contributed by atoms with Crippen LogP contribution in [0.5, 0.6) is 0 Å². The van der Waals surface area contributed by atoms with Crippen LogP contribution in [0.3, 0.4) is 0 Å². The molecule has 380 valence electrons. The van der Waals surface area contributed by atoms with Crippen LogP contribution < -0.4 is 5.32 Å². The number of hydrogen-bond donors (Lipinski definition) is 3. The second-order valence-electron chi connectivity index (χ2n) is 18.8. The Morgan fingerprint density at radius 2 is 1.00 bits per heavy atom. The van der Waals surface area contributed by atoms with Gasteiger partial charge in [-0.1, -0.05) is 209 Å². The van der Waals surface area contributed by atoms with Crippen molar-refractivity contribution in [3.8, 4) is 0 Å². The molecule has 4 atom stereocenters. The van der Waals surface area contributed by atoms with E-state index in [2.05, 4.69) is 65.6 Å². The minimum absolute atomic E-state index is 0.0182. The van der Waals surface area contributed by atoms with Crippen molar-refractivity contribution in [3.05, 3.63) is 0 Å². The number of unbranched alkanes of at least 4 members (excludes halogenated alkanes) is 19. The normalized spacial score (nSPS) is 13.1. The number of nitrogens with zero attached hydrogens (tertiary/aromatic N) is 1. The van der Waals surface area contributed by atoms with Crippen molar-refractivity contribution in [1.29, 1.82) is 0 Å². The minimum Gasteiger partial charge on any atom is -0.465 e. The third-order valence-electron chi connectivity index (χ3n) is 12.1. The van der Waals surface area contributed by atoms with E-state index in [9.17, 15) is 14.7 Å². The summed E-state index contributed by atoms with van der Waals surface area (Å²) < 4.78 is 11.6. The Balaban J connectivity index is -0.00000476. The Labute approximate surface area is 394 Å². The van der Waals surface area contributed by atoms with E-state index in [-0.39, 0.29) is 17.9 Å². The zero-order valence-corrected chi connectivity index (χ0v) is 44.1. The first kappa shape index (κ1) is 66.1. The van der Waals surface area contributed by atoms with Crippen LogP contribution >= 0.6 is 0 Å². The van der Waals surface area contributed by atoms with Gasteiger partial charge in [-0.3, -0.25) is 14.5 Å². The van der Waals surface area contributed by atoms with Crippen molar-refractivity contribution in [2.75, 3.05) is 46.0 Å². The summed E-state index contributed by atoms with van der Waals surface area (Å²) in [4.78, 5) is 28.1. The summed E-state index contributed by atoms with van der Waals surface area (Å²) in [6.45, 7) is 23.5. The number of rotatable bonds is 45. The quantitative estimate of drug-likeness (QED) is 0.0410. The molecule has 0 amide bonds. The Kier molecular flexibility index (Phi) is 57.8. The zero-order chi connectivity index (χ0) is 47.4. The van der Waals surface area contributed by atoms with Gasteiger partial charge in [0, 0.05) is 38.7 Å². The van der Waals surface area contributed by atoms with E-state index in [0.29, 0.717) is 57.8 Å². The van der Waals surface area contributed by atoms with Crippen molar-refractivity contribution in [1.82, 2.24) is 10.2 Å². The molecule has 0 saturated carbocycles. The molecule has 0 aliphatic rings. The fourth-order valence-corrected chi connectivity index (χ4v) is 7.92. The van der Waals surface area contributed by atoms with Crippen molar-refractivity contribution in [2.24, 2.45) is 11.8 Å². The lowest BCUT2D eigenvalue weighted by molar-refractivity contribution is -0.149. The van der Waals surface area contributed by atoms with E-state index in [1.165, 1.54) is 148 Å². The van der Waals surface area contributed by atoms with E-state index in [4.69, 9.17) is 14.6 Å². The average Bonchev–Trinajstić information content (AvgIpc) is 3.28. The number of hydrogen-bond acceptors (Lipinski definition) is 8. The summed E-state index contributed by atoms with van der Waals surface area (Å²) in [5.74, 6) is 0.456. The van der Waals surface area contributed by atoms with Crippen LogP contribution in [0.15, 0.2) is 0 Å².